The van der Waals surface area contributed by atoms with E-state index in [2.05, 4.69) is 48.2 Å². The van der Waals surface area contributed by atoms with E-state index in [-0.39, 0.29) is 5.75 Å². The molecule has 8 nitrogen and oxygen atoms in total. The van der Waals surface area contributed by atoms with Gasteiger partial charge in [-0.05, 0) is 79.0 Å². The molecule has 0 radical (unpaired) electrons. The predicted molar refractivity (Wildman–Crippen MR) is 148 cm³/mol. The number of aromatic hydroxyl groups is 1. The summed E-state index contributed by atoms with van der Waals surface area (Å²) in [6.07, 6.45) is 9.31. The monoisotopic (exact) mass is 519 g/mol. The van der Waals surface area contributed by atoms with E-state index in [1.165, 1.54) is 37.0 Å². The summed E-state index contributed by atoms with van der Waals surface area (Å²) in [6, 6.07) is 14.1. The van der Waals surface area contributed by atoms with Crippen molar-refractivity contribution in [2.45, 2.75) is 25.8 Å². The van der Waals surface area contributed by atoms with Crippen LogP contribution in [-0.2, 0) is 6.54 Å². The molecule has 194 valence electrons. The largest absolute Gasteiger partial charge is 0.508 e. The van der Waals surface area contributed by atoms with Gasteiger partial charge in [0, 0.05) is 47.7 Å². The van der Waals surface area contributed by atoms with Gasteiger partial charge in [-0.1, -0.05) is 12.5 Å². The molecule has 1 saturated heterocycles. The first-order chi connectivity index (χ1) is 19.1. The van der Waals surface area contributed by atoms with E-state index in [0.717, 1.165) is 47.7 Å². The minimum absolute atomic E-state index is 0.144. The Morgan fingerprint density at radius 1 is 0.923 bits per heavy atom. The molecule has 39 heavy (non-hydrogen) atoms. The van der Waals surface area contributed by atoms with Gasteiger partial charge in [-0.25, -0.2) is 14.4 Å². The molecule has 1 fully saturated rings. The predicted octanol–water partition coefficient (Wildman–Crippen LogP) is 6.06. The first kappa shape index (κ1) is 23.5. The zero-order valence-electron chi connectivity index (χ0n) is 21.2. The van der Waals surface area contributed by atoms with Crippen LogP contribution in [0.4, 0.5) is 4.39 Å². The number of nitrogens with one attached hydrogen (secondary N) is 2. The van der Waals surface area contributed by atoms with Gasteiger partial charge >= 0.3 is 0 Å². The smallest absolute Gasteiger partial charge is 0.178 e. The minimum atomic E-state index is -0.519. The lowest BCUT2D eigenvalue weighted by Gasteiger charge is -2.26. The summed E-state index contributed by atoms with van der Waals surface area (Å²) in [4.78, 5) is 19.5. The van der Waals surface area contributed by atoms with E-state index in [1.54, 1.807) is 12.3 Å². The average molecular weight is 520 g/mol. The Bertz CT molecular complexity index is 1800. The van der Waals surface area contributed by atoms with Gasteiger partial charge in [0.2, 0.25) is 0 Å². The molecule has 0 bridgehead atoms. The molecule has 3 N–H and O–H groups in total. The number of piperidine rings is 1. The number of aromatic amines is 2. The molecule has 0 spiro atoms. The summed E-state index contributed by atoms with van der Waals surface area (Å²) < 4.78 is 14.0. The Labute approximate surface area is 223 Å². The second kappa shape index (κ2) is 9.59. The summed E-state index contributed by atoms with van der Waals surface area (Å²) in [5.41, 5.74) is 7.19. The molecule has 0 unspecified atom stereocenters. The molecule has 1 aliphatic heterocycles. The first-order valence-electron chi connectivity index (χ1n) is 13.1. The average Bonchev–Trinajstić information content (AvgIpc) is 3.57. The maximum Gasteiger partial charge on any atom is 0.178 e. The van der Waals surface area contributed by atoms with Gasteiger partial charge in [-0.15, -0.1) is 0 Å². The highest BCUT2D eigenvalue weighted by Gasteiger charge is 2.17. The van der Waals surface area contributed by atoms with Gasteiger partial charge in [-0.3, -0.25) is 15.0 Å². The van der Waals surface area contributed by atoms with Crippen LogP contribution in [0.15, 0.2) is 67.1 Å². The fraction of sp³-hybridized carbons (Fsp3) is 0.200. The second-order valence-electron chi connectivity index (χ2n) is 10.1. The van der Waals surface area contributed by atoms with Crippen LogP contribution in [0.3, 0.4) is 0 Å². The molecular formula is C30H26FN7O. The molecule has 0 saturated carbocycles. The number of phenols is 1. The van der Waals surface area contributed by atoms with Gasteiger partial charge in [0.25, 0.3) is 0 Å². The maximum atomic E-state index is 14.0. The van der Waals surface area contributed by atoms with Crippen LogP contribution in [-0.4, -0.2) is 53.2 Å². The molecule has 7 rings (SSSR count). The van der Waals surface area contributed by atoms with Crippen LogP contribution < -0.4 is 0 Å². The zero-order chi connectivity index (χ0) is 26.3. The molecule has 0 amide bonds. The van der Waals surface area contributed by atoms with Crippen LogP contribution in [0.5, 0.6) is 5.75 Å². The Morgan fingerprint density at radius 3 is 2.69 bits per heavy atom. The van der Waals surface area contributed by atoms with Gasteiger partial charge in [0.15, 0.2) is 11.5 Å². The Morgan fingerprint density at radius 2 is 1.82 bits per heavy atom. The first-order valence-corrected chi connectivity index (χ1v) is 13.1. The summed E-state index contributed by atoms with van der Waals surface area (Å²) in [7, 11) is 0. The van der Waals surface area contributed by atoms with Crippen LogP contribution in [0.25, 0.3) is 55.8 Å². The summed E-state index contributed by atoms with van der Waals surface area (Å²) in [5, 5.41) is 18.5. The van der Waals surface area contributed by atoms with Gasteiger partial charge < -0.3 is 10.1 Å². The number of fused-ring (bicyclic) bond motifs is 2. The topological polar surface area (TPSA) is 107 Å². The highest BCUT2D eigenvalue weighted by Crippen LogP contribution is 2.34. The fourth-order valence-corrected chi connectivity index (χ4v) is 5.48. The summed E-state index contributed by atoms with van der Waals surface area (Å²) >= 11 is 0. The number of rotatable bonds is 5. The number of likely N-dealkylation sites (tertiary alicyclic amines) is 1. The standard InChI is InChI=1S/C30H26FN7O/c31-22-11-20(12-23(39)14-22)24-6-7-33-29-27(24)34-30(35-29)28-25-13-19(4-5-26(25)36-37-28)21-10-18(15-32-16-21)17-38-8-2-1-3-9-38/h4-7,10-16,39H,1-3,8-9,17H2,(H,36,37)(H,33,34,35). The highest BCUT2D eigenvalue weighted by molar-refractivity contribution is 5.97. The van der Waals surface area contributed by atoms with Crippen LogP contribution in [0, 0.1) is 5.82 Å². The van der Waals surface area contributed by atoms with Crippen molar-refractivity contribution in [3.05, 3.63) is 78.5 Å². The fourth-order valence-electron chi connectivity index (χ4n) is 5.48. The van der Waals surface area contributed by atoms with Crippen LogP contribution >= 0.6 is 0 Å². The van der Waals surface area contributed by atoms with E-state index >= 15 is 0 Å². The number of aromatic nitrogens is 6. The highest BCUT2D eigenvalue weighted by atomic mass is 19.1. The molecule has 0 aliphatic carbocycles. The van der Waals surface area contributed by atoms with Crippen molar-refractivity contribution < 1.29 is 9.50 Å². The Hall–Kier alpha value is -4.63. The lowest BCUT2D eigenvalue weighted by molar-refractivity contribution is 0.220. The van der Waals surface area contributed by atoms with E-state index in [9.17, 15) is 9.50 Å². The van der Waals surface area contributed by atoms with E-state index in [4.69, 9.17) is 4.98 Å². The van der Waals surface area contributed by atoms with Gasteiger partial charge in [-0.2, -0.15) is 5.10 Å². The number of H-pyrrole nitrogens is 2. The number of pyridine rings is 2. The van der Waals surface area contributed by atoms with Crippen LogP contribution in [0.1, 0.15) is 24.8 Å². The molecule has 6 aromatic rings. The van der Waals surface area contributed by atoms with Crippen molar-refractivity contribution >= 4 is 22.1 Å². The summed E-state index contributed by atoms with van der Waals surface area (Å²) in [6.45, 7) is 3.20. The van der Waals surface area contributed by atoms with E-state index in [0.29, 0.717) is 33.8 Å². The SMILES string of the molecule is Oc1cc(F)cc(-c2ccnc3nc(-c4n[nH]c5ccc(-c6cncc(CN7CCCCC7)c6)cc45)[nH]c23)c1. The third kappa shape index (κ3) is 4.51. The zero-order valence-corrected chi connectivity index (χ0v) is 21.2. The lowest BCUT2D eigenvalue weighted by atomic mass is 10.0. The molecule has 9 heteroatoms. The lowest BCUT2D eigenvalue weighted by Crippen LogP contribution is -2.29. The van der Waals surface area contributed by atoms with Crippen molar-refractivity contribution in [2.24, 2.45) is 0 Å². The van der Waals surface area contributed by atoms with Crippen molar-refractivity contribution in [3.8, 4) is 39.5 Å². The number of nitrogens with zero attached hydrogens (tertiary/aromatic N) is 5. The number of hydrogen-bond acceptors (Lipinski definition) is 6. The number of imidazole rings is 1. The maximum absolute atomic E-state index is 14.0. The van der Waals surface area contributed by atoms with Gasteiger partial charge in [0.05, 0.1) is 11.0 Å². The number of halogens is 1. The number of hydrogen-bond donors (Lipinski definition) is 3. The van der Waals surface area contributed by atoms with Gasteiger partial charge in [0.1, 0.15) is 17.3 Å². The second-order valence-corrected chi connectivity index (χ2v) is 10.1. The van der Waals surface area contributed by atoms with E-state index < -0.39 is 5.82 Å². The number of benzene rings is 2. The summed E-state index contributed by atoms with van der Waals surface area (Å²) in [5.74, 6) is -0.115. The number of phenolic OH excluding ortho intramolecular Hbond substituents is 1. The van der Waals surface area contributed by atoms with Crippen molar-refractivity contribution in [1.82, 2.24) is 35.0 Å². The quantitative estimate of drug-likeness (QED) is 0.256. The third-order valence-corrected chi connectivity index (χ3v) is 7.36. The molecule has 1 aliphatic rings. The molecule has 2 aromatic carbocycles. The third-order valence-electron chi connectivity index (χ3n) is 7.36. The van der Waals surface area contributed by atoms with Crippen molar-refractivity contribution in [3.63, 3.8) is 0 Å². The Balaban J connectivity index is 1.26. The Kier molecular flexibility index (Phi) is 5.78. The molecule has 5 heterocycles. The normalized spacial score (nSPS) is 14.4. The van der Waals surface area contributed by atoms with Crippen molar-refractivity contribution in [2.75, 3.05) is 13.1 Å². The molecule has 4 aromatic heterocycles. The van der Waals surface area contributed by atoms with Crippen molar-refractivity contribution in [1.29, 1.82) is 0 Å². The van der Waals surface area contributed by atoms with Crippen LogP contribution in [0.2, 0.25) is 0 Å². The minimum Gasteiger partial charge on any atom is -0.508 e. The van der Waals surface area contributed by atoms with E-state index in [1.807, 2.05) is 18.5 Å². The molecule has 0 atom stereocenters. The molecular weight excluding hydrogens is 493 g/mol.